The highest BCUT2D eigenvalue weighted by Crippen LogP contribution is 2.23. The third kappa shape index (κ3) is 3.31. The van der Waals surface area contributed by atoms with Gasteiger partial charge in [-0.2, -0.15) is 0 Å². The van der Waals surface area contributed by atoms with Gasteiger partial charge in [-0.05, 0) is 47.8 Å². The van der Waals surface area contributed by atoms with E-state index in [9.17, 15) is 0 Å². The standard InChI is InChI=1S/C16H14ClNOS/c17-13-5-3-12(4-6-13)16-8-7-14(19-16)10-18-11-15-2-1-9-20-15/h1-9,18H,10-11H2/p+1. The molecule has 3 aromatic rings. The molecule has 0 unspecified atom stereocenters. The minimum atomic E-state index is 0.741. The Morgan fingerprint density at radius 3 is 2.60 bits per heavy atom. The lowest BCUT2D eigenvalue weighted by Crippen LogP contribution is -2.80. The molecule has 1 aromatic carbocycles. The van der Waals surface area contributed by atoms with Crippen LogP contribution in [0.25, 0.3) is 11.3 Å². The van der Waals surface area contributed by atoms with Gasteiger partial charge in [-0.3, -0.25) is 0 Å². The van der Waals surface area contributed by atoms with Crippen LogP contribution in [0.2, 0.25) is 5.02 Å². The number of halogens is 1. The quantitative estimate of drug-likeness (QED) is 0.760. The van der Waals surface area contributed by atoms with Gasteiger partial charge in [-0.1, -0.05) is 17.7 Å². The van der Waals surface area contributed by atoms with Crippen LogP contribution in [0, 0.1) is 0 Å². The van der Waals surface area contributed by atoms with Crippen LogP contribution >= 0.6 is 22.9 Å². The molecule has 0 amide bonds. The van der Waals surface area contributed by atoms with E-state index in [4.69, 9.17) is 16.0 Å². The molecule has 0 bridgehead atoms. The van der Waals surface area contributed by atoms with Gasteiger partial charge in [-0.15, -0.1) is 11.3 Å². The van der Waals surface area contributed by atoms with E-state index >= 15 is 0 Å². The topological polar surface area (TPSA) is 29.8 Å². The summed E-state index contributed by atoms with van der Waals surface area (Å²) in [6, 6.07) is 16.0. The maximum absolute atomic E-state index is 5.89. The maximum Gasteiger partial charge on any atom is 0.158 e. The molecule has 0 aliphatic rings. The van der Waals surface area contributed by atoms with Crippen molar-refractivity contribution >= 4 is 22.9 Å². The molecule has 0 saturated carbocycles. The molecule has 0 saturated heterocycles. The van der Waals surface area contributed by atoms with Gasteiger partial charge in [0.05, 0.1) is 4.88 Å². The van der Waals surface area contributed by atoms with Crippen molar-refractivity contribution in [1.82, 2.24) is 0 Å². The number of hydrogen-bond donors (Lipinski definition) is 1. The van der Waals surface area contributed by atoms with Crippen molar-refractivity contribution in [3.8, 4) is 11.3 Å². The molecule has 2 N–H and O–H groups in total. The average molecular weight is 305 g/mol. The zero-order chi connectivity index (χ0) is 13.8. The molecule has 2 nitrogen and oxygen atoms in total. The summed E-state index contributed by atoms with van der Waals surface area (Å²) in [5.74, 6) is 1.88. The number of benzene rings is 1. The molecule has 2 aromatic heterocycles. The zero-order valence-electron chi connectivity index (χ0n) is 10.9. The Balaban J connectivity index is 1.60. The lowest BCUT2D eigenvalue weighted by Gasteiger charge is -1.98. The highest BCUT2D eigenvalue weighted by molar-refractivity contribution is 7.09. The SMILES string of the molecule is Clc1ccc(-c2ccc(C[NH2+]Cc3cccs3)o2)cc1. The number of hydrogen-bond acceptors (Lipinski definition) is 2. The first-order valence-electron chi connectivity index (χ1n) is 6.50. The molecule has 20 heavy (non-hydrogen) atoms. The number of rotatable bonds is 5. The van der Waals surface area contributed by atoms with Crippen molar-refractivity contribution in [3.05, 3.63) is 69.6 Å². The fourth-order valence-electron chi connectivity index (χ4n) is 2.04. The van der Waals surface area contributed by atoms with Crippen LogP contribution in [-0.2, 0) is 13.1 Å². The molecule has 4 heteroatoms. The monoisotopic (exact) mass is 304 g/mol. The zero-order valence-corrected chi connectivity index (χ0v) is 12.5. The summed E-state index contributed by atoms with van der Waals surface area (Å²) >= 11 is 7.67. The van der Waals surface area contributed by atoms with E-state index in [2.05, 4.69) is 22.8 Å². The van der Waals surface area contributed by atoms with E-state index in [0.29, 0.717) is 0 Å². The normalized spacial score (nSPS) is 10.8. The molecular formula is C16H15ClNOS+. The third-order valence-electron chi connectivity index (χ3n) is 3.06. The highest BCUT2D eigenvalue weighted by Gasteiger charge is 2.06. The summed E-state index contributed by atoms with van der Waals surface area (Å²) in [6.07, 6.45) is 0. The number of nitrogens with two attached hydrogens (primary N) is 1. The predicted molar refractivity (Wildman–Crippen MR) is 82.8 cm³/mol. The second-order valence-electron chi connectivity index (χ2n) is 4.55. The Bertz CT molecular complexity index is 658. The van der Waals surface area contributed by atoms with Gasteiger partial charge in [0.15, 0.2) is 5.76 Å². The van der Waals surface area contributed by atoms with Gasteiger partial charge in [0, 0.05) is 10.6 Å². The second kappa shape index (κ2) is 6.27. The first kappa shape index (κ1) is 13.4. The van der Waals surface area contributed by atoms with Crippen LogP contribution in [-0.4, -0.2) is 0 Å². The van der Waals surface area contributed by atoms with E-state index in [-0.39, 0.29) is 0 Å². The number of quaternary nitrogens is 1. The summed E-state index contributed by atoms with van der Waals surface area (Å²) in [5, 5.41) is 5.09. The van der Waals surface area contributed by atoms with Gasteiger partial charge < -0.3 is 9.73 Å². The van der Waals surface area contributed by atoms with Crippen molar-refractivity contribution < 1.29 is 9.73 Å². The molecule has 0 spiro atoms. The van der Waals surface area contributed by atoms with E-state index in [1.807, 2.05) is 36.4 Å². The van der Waals surface area contributed by atoms with Crippen LogP contribution < -0.4 is 5.32 Å². The van der Waals surface area contributed by atoms with Gasteiger partial charge in [0.1, 0.15) is 18.8 Å². The van der Waals surface area contributed by atoms with Crippen LogP contribution in [0.3, 0.4) is 0 Å². The molecular weight excluding hydrogens is 290 g/mol. The Morgan fingerprint density at radius 2 is 1.85 bits per heavy atom. The molecule has 0 aliphatic heterocycles. The molecule has 3 rings (SSSR count). The molecule has 102 valence electrons. The van der Waals surface area contributed by atoms with Crippen molar-refractivity contribution in [2.24, 2.45) is 0 Å². The van der Waals surface area contributed by atoms with Gasteiger partial charge in [-0.25, -0.2) is 0 Å². The Hall–Kier alpha value is -1.55. The van der Waals surface area contributed by atoms with Crippen LogP contribution in [0.4, 0.5) is 0 Å². The van der Waals surface area contributed by atoms with E-state index in [0.717, 1.165) is 35.2 Å². The van der Waals surface area contributed by atoms with Gasteiger partial charge in [0.2, 0.25) is 0 Å². The van der Waals surface area contributed by atoms with E-state index in [1.54, 1.807) is 11.3 Å². The van der Waals surface area contributed by atoms with E-state index < -0.39 is 0 Å². The van der Waals surface area contributed by atoms with Crippen molar-refractivity contribution in [2.75, 3.05) is 0 Å². The first-order chi connectivity index (χ1) is 9.81. The average Bonchev–Trinajstić information content (AvgIpc) is 3.11. The second-order valence-corrected chi connectivity index (χ2v) is 6.02. The van der Waals surface area contributed by atoms with Gasteiger partial charge >= 0.3 is 0 Å². The highest BCUT2D eigenvalue weighted by atomic mass is 35.5. The summed E-state index contributed by atoms with van der Waals surface area (Å²) in [4.78, 5) is 1.38. The van der Waals surface area contributed by atoms with Crippen LogP contribution in [0.15, 0.2) is 58.3 Å². The Kier molecular flexibility index (Phi) is 4.21. The number of thiophene rings is 1. The maximum atomic E-state index is 5.89. The molecule has 0 aliphatic carbocycles. The number of furan rings is 1. The summed E-state index contributed by atoms with van der Waals surface area (Å²) in [6.45, 7) is 1.85. The van der Waals surface area contributed by atoms with Crippen LogP contribution in [0.5, 0.6) is 0 Å². The molecule has 0 atom stereocenters. The molecule has 0 fully saturated rings. The fourth-order valence-corrected chi connectivity index (χ4v) is 2.87. The summed E-state index contributed by atoms with van der Waals surface area (Å²) in [7, 11) is 0. The largest absolute Gasteiger partial charge is 0.455 e. The van der Waals surface area contributed by atoms with Crippen molar-refractivity contribution in [1.29, 1.82) is 0 Å². The minimum Gasteiger partial charge on any atom is -0.455 e. The van der Waals surface area contributed by atoms with Gasteiger partial charge in [0.25, 0.3) is 0 Å². The van der Waals surface area contributed by atoms with Crippen molar-refractivity contribution in [3.63, 3.8) is 0 Å². The third-order valence-corrected chi connectivity index (χ3v) is 4.21. The Morgan fingerprint density at radius 1 is 1.00 bits per heavy atom. The molecule has 0 radical (unpaired) electrons. The molecule has 2 heterocycles. The minimum absolute atomic E-state index is 0.741. The fraction of sp³-hybridized carbons (Fsp3) is 0.125. The summed E-state index contributed by atoms with van der Waals surface area (Å²) < 4.78 is 5.86. The Labute approximate surface area is 127 Å². The lowest BCUT2D eigenvalue weighted by molar-refractivity contribution is -0.687. The summed E-state index contributed by atoms with van der Waals surface area (Å²) in [5.41, 5.74) is 1.05. The van der Waals surface area contributed by atoms with Crippen LogP contribution in [0.1, 0.15) is 10.6 Å². The van der Waals surface area contributed by atoms with Crippen molar-refractivity contribution in [2.45, 2.75) is 13.1 Å². The first-order valence-corrected chi connectivity index (χ1v) is 7.76. The smallest absolute Gasteiger partial charge is 0.158 e. The lowest BCUT2D eigenvalue weighted by atomic mass is 10.2. The van der Waals surface area contributed by atoms with E-state index in [1.165, 1.54) is 4.88 Å². The predicted octanol–water partition coefficient (Wildman–Crippen LogP) is 3.93.